The molecular weight excluding hydrogens is 356 g/mol. The lowest BCUT2D eigenvalue weighted by atomic mass is 9.84. The van der Waals surface area contributed by atoms with Crippen LogP contribution >= 0.6 is 0 Å². The van der Waals surface area contributed by atoms with Crippen LogP contribution in [0.4, 0.5) is 0 Å². The Morgan fingerprint density at radius 2 is 1.68 bits per heavy atom. The molecule has 1 heterocycles. The van der Waals surface area contributed by atoms with Gasteiger partial charge in [-0.3, -0.25) is 0 Å². The largest absolute Gasteiger partial charge is 0.493 e. The molecule has 0 saturated heterocycles. The number of carbonyl (C=O) groups excluding carboxylic acids is 1. The Hall–Kier alpha value is -2.69. The number of esters is 1. The van der Waals surface area contributed by atoms with Gasteiger partial charge in [0.25, 0.3) is 0 Å². The van der Waals surface area contributed by atoms with Crippen LogP contribution in [0.25, 0.3) is 0 Å². The summed E-state index contributed by atoms with van der Waals surface area (Å²) >= 11 is 0. The van der Waals surface area contributed by atoms with Crippen LogP contribution in [0.5, 0.6) is 17.2 Å². The van der Waals surface area contributed by atoms with Crippen molar-refractivity contribution in [2.24, 2.45) is 0 Å². The minimum Gasteiger partial charge on any atom is -0.493 e. The summed E-state index contributed by atoms with van der Waals surface area (Å²) in [6, 6.07) is 7.60. The average molecular weight is 384 g/mol. The predicted octanol–water partition coefficient (Wildman–Crippen LogP) is 4.74. The highest BCUT2D eigenvalue weighted by molar-refractivity contribution is 5.91. The van der Waals surface area contributed by atoms with Crippen LogP contribution < -0.4 is 14.2 Å². The van der Waals surface area contributed by atoms with Crippen molar-refractivity contribution in [1.29, 1.82) is 0 Å². The Balaban J connectivity index is 1.80. The van der Waals surface area contributed by atoms with Crippen molar-refractivity contribution in [1.82, 2.24) is 0 Å². The summed E-state index contributed by atoms with van der Waals surface area (Å²) < 4.78 is 22.1. The molecule has 5 heteroatoms. The van der Waals surface area contributed by atoms with Crippen molar-refractivity contribution in [2.45, 2.75) is 46.6 Å². The standard InChI is InChI=1S/C23H28O5/c1-14-9-17(23(3,4)5)10-15(2)18(14)13-28-22(24)16-11-19(25-6)21-20(12-16)26-7-8-27-21/h9-12H,7-8,13H2,1-6H3. The van der Waals surface area contributed by atoms with Gasteiger partial charge in [-0.05, 0) is 53.6 Å². The molecule has 2 aromatic rings. The van der Waals surface area contributed by atoms with E-state index in [9.17, 15) is 4.79 Å². The second-order valence-corrected chi connectivity index (χ2v) is 8.12. The molecule has 150 valence electrons. The third kappa shape index (κ3) is 4.08. The predicted molar refractivity (Wildman–Crippen MR) is 108 cm³/mol. The zero-order chi connectivity index (χ0) is 20.5. The first kappa shape index (κ1) is 20.1. The maximum absolute atomic E-state index is 12.6. The summed E-state index contributed by atoms with van der Waals surface area (Å²) in [5.41, 5.74) is 5.00. The molecule has 1 aliphatic heterocycles. The smallest absolute Gasteiger partial charge is 0.338 e. The quantitative estimate of drug-likeness (QED) is 0.713. The monoisotopic (exact) mass is 384 g/mol. The van der Waals surface area contributed by atoms with Gasteiger partial charge in [0.2, 0.25) is 5.75 Å². The molecule has 0 unspecified atom stereocenters. The van der Waals surface area contributed by atoms with Crippen molar-refractivity contribution < 1.29 is 23.7 Å². The third-order valence-corrected chi connectivity index (χ3v) is 4.97. The van der Waals surface area contributed by atoms with Crippen molar-refractivity contribution in [2.75, 3.05) is 20.3 Å². The number of hydrogen-bond donors (Lipinski definition) is 0. The second-order valence-electron chi connectivity index (χ2n) is 8.12. The van der Waals surface area contributed by atoms with Crippen LogP contribution in [-0.2, 0) is 16.8 Å². The molecule has 0 bridgehead atoms. The molecule has 0 amide bonds. The van der Waals surface area contributed by atoms with Crippen molar-refractivity contribution in [3.8, 4) is 17.2 Å². The van der Waals surface area contributed by atoms with E-state index in [1.165, 1.54) is 12.7 Å². The Bertz CT molecular complexity index is 852. The molecular formula is C23H28O5. The Labute approximate surface area is 166 Å². The van der Waals surface area contributed by atoms with Gasteiger partial charge in [0.1, 0.15) is 19.8 Å². The molecule has 0 saturated carbocycles. The van der Waals surface area contributed by atoms with Crippen molar-refractivity contribution in [3.63, 3.8) is 0 Å². The molecule has 2 aromatic carbocycles. The number of ether oxygens (including phenoxy) is 4. The minimum absolute atomic E-state index is 0.0759. The van der Waals surface area contributed by atoms with Gasteiger partial charge < -0.3 is 18.9 Å². The molecule has 5 nitrogen and oxygen atoms in total. The van der Waals surface area contributed by atoms with Gasteiger partial charge in [0, 0.05) is 0 Å². The van der Waals surface area contributed by atoms with Gasteiger partial charge in [0.15, 0.2) is 11.5 Å². The second kappa shape index (κ2) is 7.74. The maximum atomic E-state index is 12.6. The first-order chi connectivity index (χ1) is 13.2. The normalized spacial score (nSPS) is 13.2. The van der Waals surface area contributed by atoms with Gasteiger partial charge in [0.05, 0.1) is 12.7 Å². The van der Waals surface area contributed by atoms with Crippen molar-refractivity contribution >= 4 is 5.97 Å². The fourth-order valence-corrected chi connectivity index (χ4v) is 3.27. The van der Waals surface area contributed by atoms with Gasteiger partial charge in [-0.15, -0.1) is 0 Å². The fraction of sp³-hybridized carbons (Fsp3) is 0.435. The van der Waals surface area contributed by atoms with Crippen LogP contribution in [0, 0.1) is 13.8 Å². The SMILES string of the molecule is COc1cc(C(=O)OCc2c(C)cc(C(C)(C)C)cc2C)cc2c1OCCO2. The average Bonchev–Trinajstić information content (AvgIpc) is 2.65. The van der Waals surface area contributed by atoms with E-state index < -0.39 is 5.97 Å². The molecule has 3 rings (SSSR count). The van der Waals surface area contributed by atoms with Gasteiger partial charge in [-0.2, -0.15) is 0 Å². The summed E-state index contributed by atoms with van der Waals surface area (Å²) in [5, 5.41) is 0. The van der Waals surface area contributed by atoms with Gasteiger partial charge in [-0.1, -0.05) is 32.9 Å². The third-order valence-electron chi connectivity index (χ3n) is 4.97. The number of benzene rings is 2. The van der Waals surface area contributed by atoms with Gasteiger partial charge >= 0.3 is 5.97 Å². The molecule has 0 fully saturated rings. The topological polar surface area (TPSA) is 54.0 Å². The van der Waals surface area contributed by atoms with Crippen LogP contribution in [-0.4, -0.2) is 26.3 Å². The van der Waals surface area contributed by atoms with E-state index in [2.05, 4.69) is 46.8 Å². The highest BCUT2D eigenvalue weighted by Crippen LogP contribution is 2.40. The summed E-state index contributed by atoms with van der Waals surface area (Å²) in [4.78, 5) is 12.6. The molecule has 28 heavy (non-hydrogen) atoms. The summed E-state index contributed by atoms with van der Waals surface area (Å²) in [6.07, 6.45) is 0. The van der Waals surface area contributed by atoms with Gasteiger partial charge in [-0.25, -0.2) is 4.79 Å². The van der Waals surface area contributed by atoms with E-state index in [4.69, 9.17) is 18.9 Å². The highest BCUT2D eigenvalue weighted by atomic mass is 16.6. The first-order valence-electron chi connectivity index (χ1n) is 9.46. The van der Waals surface area contributed by atoms with Crippen LogP contribution in [0.3, 0.4) is 0 Å². The fourth-order valence-electron chi connectivity index (χ4n) is 3.27. The zero-order valence-corrected chi connectivity index (χ0v) is 17.5. The summed E-state index contributed by atoms with van der Waals surface area (Å²) in [5.74, 6) is 1.06. The molecule has 0 aromatic heterocycles. The highest BCUT2D eigenvalue weighted by Gasteiger charge is 2.22. The van der Waals surface area contributed by atoms with E-state index >= 15 is 0 Å². The first-order valence-corrected chi connectivity index (χ1v) is 9.46. The van der Waals surface area contributed by atoms with Crippen LogP contribution in [0.15, 0.2) is 24.3 Å². The number of hydrogen-bond acceptors (Lipinski definition) is 5. The zero-order valence-electron chi connectivity index (χ0n) is 17.5. The number of methoxy groups -OCH3 is 1. The lowest BCUT2D eigenvalue weighted by Crippen LogP contribution is -2.17. The number of carbonyl (C=O) groups is 1. The maximum Gasteiger partial charge on any atom is 0.338 e. The molecule has 0 spiro atoms. The van der Waals surface area contributed by atoms with E-state index in [-0.39, 0.29) is 12.0 Å². The van der Waals surface area contributed by atoms with E-state index in [0.717, 1.165) is 16.7 Å². The summed E-state index contributed by atoms with van der Waals surface area (Å²) in [6.45, 7) is 11.8. The molecule has 1 aliphatic rings. The minimum atomic E-state index is -0.422. The number of aryl methyl sites for hydroxylation is 2. The van der Waals surface area contributed by atoms with E-state index in [1.54, 1.807) is 12.1 Å². The van der Waals surface area contributed by atoms with E-state index in [0.29, 0.717) is 36.0 Å². The van der Waals surface area contributed by atoms with Crippen LogP contribution in [0.1, 0.15) is 53.4 Å². The van der Waals surface area contributed by atoms with Crippen LogP contribution in [0.2, 0.25) is 0 Å². The van der Waals surface area contributed by atoms with Crippen molar-refractivity contribution in [3.05, 3.63) is 52.1 Å². The lowest BCUT2D eigenvalue weighted by Gasteiger charge is -2.22. The number of rotatable bonds is 4. The summed E-state index contributed by atoms with van der Waals surface area (Å²) in [7, 11) is 1.53. The Morgan fingerprint density at radius 1 is 1.04 bits per heavy atom. The molecule has 0 N–H and O–H groups in total. The molecule has 0 atom stereocenters. The Kier molecular flexibility index (Phi) is 5.54. The van der Waals surface area contributed by atoms with E-state index in [1.807, 2.05) is 0 Å². The number of fused-ring (bicyclic) bond motifs is 1. The Morgan fingerprint density at radius 3 is 2.29 bits per heavy atom. The molecule has 0 aliphatic carbocycles. The molecule has 0 radical (unpaired) electrons. The lowest BCUT2D eigenvalue weighted by molar-refractivity contribution is 0.0470.